The Bertz CT molecular complexity index is 692. The van der Waals surface area contributed by atoms with E-state index >= 15 is 0 Å². The van der Waals surface area contributed by atoms with E-state index in [1.54, 1.807) is 7.11 Å². The van der Waals surface area contributed by atoms with Crippen molar-refractivity contribution >= 4 is 29.0 Å². The van der Waals surface area contributed by atoms with E-state index in [1.165, 1.54) is 24.3 Å². The molecule has 0 spiro atoms. The molecule has 128 valence electrons. The highest BCUT2D eigenvalue weighted by Crippen LogP contribution is 2.13. The molecule has 0 saturated carbocycles. The molecular weight excluding hydrogens is 337 g/mol. The summed E-state index contributed by atoms with van der Waals surface area (Å²) >= 11 is 1.06. The van der Waals surface area contributed by atoms with Crippen LogP contribution < -0.4 is 16.0 Å². The molecule has 0 atom stereocenters. The number of ether oxygens (including phenoxy) is 1. The van der Waals surface area contributed by atoms with Crippen LogP contribution in [0.4, 0.5) is 14.9 Å². The Morgan fingerprint density at radius 3 is 2.67 bits per heavy atom. The summed E-state index contributed by atoms with van der Waals surface area (Å²) in [6, 6.07) is 5.02. The minimum Gasteiger partial charge on any atom is -0.383 e. The second-order valence-corrected chi connectivity index (χ2v) is 5.63. The summed E-state index contributed by atoms with van der Waals surface area (Å²) in [4.78, 5) is 23.5. The maximum absolute atomic E-state index is 12.8. The lowest BCUT2D eigenvalue weighted by molar-refractivity contribution is 0.102. The molecule has 0 bridgehead atoms. The Hall–Kier alpha value is -2.59. The minimum absolute atomic E-state index is 0.149. The van der Waals surface area contributed by atoms with Crippen molar-refractivity contribution in [2.75, 3.05) is 25.6 Å². The number of halogens is 1. The van der Waals surface area contributed by atoms with Gasteiger partial charge in [0.05, 0.1) is 13.2 Å². The van der Waals surface area contributed by atoms with Gasteiger partial charge in [-0.15, -0.1) is 10.2 Å². The lowest BCUT2D eigenvalue weighted by Gasteiger charge is -2.04. The fourth-order valence-electron chi connectivity index (χ4n) is 1.62. The molecule has 0 radical (unpaired) electrons. The standard InChI is InChI=1S/C14H16FN5O3S/c1-23-7-6-16-14(22)17-8-11-19-20-13(24-11)12(21)18-10-4-2-9(15)3-5-10/h2-5H,6-8H2,1H3,(H,18,21)(H2,16,17,22). The third kappa shape index (κ3) is 5.56. The summed E-state index contributed by atoms with van der Waals surface area (Å²) in [7, 11) is 1.54. The van der Waals surface area contributed by atoms with Crippen LogP contribution in [-0.4, -0.2) is 42.4 Å². The first-order valence-electron chi connectivity index (χ1n) is 6.98. The van der Waals surface area contributed by atoms with Crippen molar-refractivity contribution in [1.29, 1.82) is 0 Å². The lowest BCUT2D eigenvalue weighted by Crippen LogP contribution is -2.36. The average Bonchev–Trinajstić information content (AvgIpc) is 3.04. The number of nitrogens with zero attached hydrogens (tertiary/aromatic N) is 2. The van der Waals surface area contributed by atoms with Crippen molar-refractivity contribution in [3.63, 3.8) is 0 Å². The van der Waals surface area contributed by atoms with E-state index in [4.69, 9.17) is 4.74 Å². The van der Waals surface area contributed by atoms with E-state index in [9.17, 15) is 14.0 Å². The van der Waals surface area contributed by atoms with Gasteiger partial charge in [0, 0.05) is 19.3 Å². The molecule has 0 unspecified atom stereocenters. The largest absolute Gasteiger partial charge is 0.383 e. The van der Waals surface area contributed by atoms with Gasteiger partial charge in [0.25, 0.3) is 5.91 Å². The van der Waals surface area contributed by atoms with Gasteiger partial charge < -0.3 is 20.7 Å². The molecule has 2 aromatic rings. The van der Waals surface area contributed by atoms with Gasteiger partial charge in [-0.2, -0.15) is 0 Å². The normalized spacial score (nSPS) is 10.2. The quantitative estimate of drug-likeness (QED) is 0.652. The van der Waals surface area contributed by atoms with Crippen molar-refractivity contribution < 1.29 is 18.7 Å². The number of nitrogens with one attached hydrogen (secondary N) is 3. The fraction of sp³-hybridized carbons (Fsp3) is 0.286. The SMILES string of the molecule is COCCNC(=O)NCc1nnc(C(=O)Nc2ccc(F)cc2)s1. The molecule has 0 aliphatic heterocycles. The summed E-state index contributed by atoms with van der Waals surface area (Å²) < 4.78 is 17.6. The summed E-state index contributed by atoms with van der Waals surface area (Å²) in [5.41, 5.74) is 0.453. The summed E-state index contributed by atoms with van der Waals surface area (Å²) in [5.74, 6) is -0.837. The van der Waals surface area contributed by atoms with Crippen molar-refractivity contribution in [2.24, 2.45) is 0 Å². The maximum atomic E-state index is 12.8. The third-order valence-electron chi connectivity index (χ3n) is 2.76. The number of rotatable bonds is 7. The molecule has 1 aromatic carbocycles. The number of urea groups is 1. The van der Waals surface area contributed by atoms with Crippen LogP contribution in [0.2, 0.25) is 0 Å². The van der Waals surface area contributed by atoms with Gasteiger partial charge in [-0.1, -0.05) is 11.3 Å². The van der Waals surface area contributed by atoms with Gasteiger partial charge in [-0.05, 0) is 24.3 Å². The minimum atomic E-state index is -0.449. The molecule has 0 fully saturated rings. The van der Waals surface area contributed by atoms with Crippen LogP contribution in [0.25, 0.3) is 0 Å². The van der Waals surface area contributed by atoms with E-state index in [1.807, 2.05) is 0 Å². The Labute approximate surface area is 141 Å². The Balaban J connectivity index is 1.82. The second-order valence-electron chi connectivity index (χ2n) is 4.56. The first-order chi connectivity index (χ1) is 11.6. The summed E-state index contributed by atoms with van der Waals surface area (Å²) in [5, 5.41) is 16.0. The van der Waals surface area contributed by atoms with Gasteiger partial charge >= 0.3 is 6.03 Å². The molecule has 3 N–H and O–H groups in total. The van der Waals surface area contributed by atoms with Gasteiger partial charge in [0.2, 0.25) is 5.01 Å². The van der Waals surface area contributed by atoms with Crippen molar-refractivity contribution in [2.45, 2.75) is 6.54 Å². The number of anilines is 1. The molecule has 1 aromatic heterocycles. The summed E-state index contributed by atoms with van der Waals surface area (Å²) in [6.07, 6.45) is 0. The van der Waals surface area contributed by atoms with Gasteiger partial charge in [0.1, 0.15) is 10.8 Å². The molecule has 8 nitrogen and oxygen atoms in total. The van der Waals surface area contributed by atoms with Gasteiger partial charge in [-0.25, -0.2) is 9.18 Å². The van der Waals surface area contributed by atoms with Crippen LogP contribution in [-0.2, 0) is 11.3 Å². The third-order valence-corrected chi connectivity index (χ3v) is 3.68. The maximum Gasteiger partial charge on any atom is 0.315 e. The van der Waals surface area contributed by atoms with Gasteiger partial charge in [-0.3, -0.25) is 4.79 Å². The van der Waals surface area contributed by atoms with Crippen LogP contribution >= 0.6 is 11.3 Å². The zero-order valence-electron chi connectivity index (χ0n) is 12.8. The van der Waals surface area contributed by atoms with Crippen molar-refractivity contribution in [1.82, 2.24) is 20.8 Å². The van der Waals surface area contributed by atoms with E-state index in [0.717, 1.165) is 11.3 Å². The molecule has 10 heteroatoms. The highest BCUT2D eigenvalue weighted by Gasteiger charge is 2.13. The average molecular weight is 353 g/mol. The predicted molar refractivity (Wildman–Crippen MR) is 86.4 cm³/mol. The molecule has 2 rings (SSSR count). The Kier molecular flexibility index (Phi) is 6.58. The van der Waals surface area contributed by atoms with Crippen LogP contribution in [0.3, 0.4) is 0 Å². The number of carbonyl (C=O) groups excluding carboxylic acids is 2. The lowest BCUT2D eigenvalue weighted by atomic mass is 10.3. The zero-order chi connectivity index (χ0) is 17.4. The molecule has 0 aliphatic carbocycles. The smallest absolute Gasteiger partial charge is 0.315 e. The van der Waals surface area contributed by atoms with Crippen LogP contribution in [0.1, 0.15) is 14.8 Å². The van der Waals surface area contributed by atoms with Crippen molar-refractivity contribution in [3.05, 3.63) is 40.1 Å². The van der Waals surface area contributed by atoms with E-state index < -0.39 is 5.91 Å². The van der Waals surface area contributed by atoms with Crippen LogP contribution in [0.15, 0.2) is 24.3 Å². The number of carbonyl (C=O) groups is 2. The molecule has 24 heavy (non-hydrogen) atoms. The summed E-state index contributed by atoms with van der Waals surface area (Å²) in [6.45, 7) is 0.962. The number of aromatic nitrogens is 2. The first-order valence-corrected chi connectivity index (χ1v) is 7.80. The Morgan fingerprint density at radius 2 is 1.96 bits per heavy atom. The topological polar surface area (TPSA) is 105 Å². The van der Waals surface area contributed by atoms with E-state index in [0.29, 0.717) is 23.8 Å². The number of amides is 3. The number of benzene rings is 1. The number of hydrogen-bond acceptors (Lipinski definition) is 6. The molecule has 0 aliphatic rings. The molecule has 3 amide bonds. The first kappa shape index (κ1) is 17.8. The van der Waals surface area contributed by atoms with E-state index in [2.05, 4.69) is 26.1 Å². The van der Waals surface area contributed by atoms with Crippen molar-refractivity contribution in [3.8, 4) is 0 Å². The fourth-order valence-corrected chi connectivity index (χ4v) is 2.29. The van der Waals surface area contributed by atoms with Gasteiger partial charge in [0.15, 0.2) is 0 Å². The number of methoxy groups -OCH3 is 1. The predicted octanol–water partition coefficient (Wildman–Crippen LogP) is 1.38. The highest BCUT2D eigenvalue weighted by atomic mass is 32.1. The molecular formula is C14H16FN5O3S. The monoisotopic (exact) mass is 353 g/mol. The molecule has 0 saturated heterocycles. The second kappa shape index (κ2) is 8.89. The zero-order valence-corrected chi connectivity index (χ0v) is 13.7. The molecule has 1 heterocycles. The van der Waals surface area contributed by atoms with Crippen LogP contribution in [0.5, 0.6) is 0 Å². The highest BCUT2D eigenvalue weighted by molar-refractivity contribution is 7.13. The Morgan fingerprint density at radius 1 is 1.21 bits per heavy atom. The van der Waals surface area contributed by atoms with E-state index in [-0.39, 0.29) is 23.4 Å². The van der Waals surface area contributed by atoms with Crippen LogP contribution in [0, 0.1) is 5.82 Å². The number of hydrogen-bond donors (Lipinski definition) is 3.